The number of carbonyl (C=O) groups is 1. The van der Waals surface area contributed by atoms with Crippen LogP contribution in [0.3, 0.4) is 0 Å². The fourth-order valence-electron chi connectivity index (χ4n) is 2.25. The molecule has 1 fully saturated rings. The van der Waals surface area contributed by atoms with E-state index in [9.17, 15) is 4.79 Å². The van der Waals surface area contributed by atoms with Crippen LogP contribution >= 0.6 is 34.5 Å². The van der Waals surface area contributed by atoms with Gasteiger partial charge in [-0.3, -0.25) is 4.79 Å². The molecule has 0 saturated carbocycles. The molecule has 0 radical (unpaired) electrons. The number of nitrogens with one attached hydrogen (secondary N) is 2. The molecule has 3 nitrogen and oxygen atoms in total. The molecule has 1 aliphatic rings. The average Bonchev–Trinajstić information content (AvgIpc) is 2.69. The summed E-state index contributed by atoms with van der Waals surface area (Å²) in [5, 5.41) is 6.37. The first-order valence-electron chi connectivity index (χ1n) is 6.59. The van der Waals surface area contributed by atoms with Crippen LogP contribution in [0.1, 0.15) is 31.2 Å². The Bertz CT molecular complexity index is 430. The van der Waals surface area contributed by atoms with Crippen molar-refractivity contribution in [3.63, 3.8) is 0 Å². The first-order valence-corrected chi connectivity index (χ1v) is 8.16. The van der Waals surface area contributed by atoms with E-state index in [0.717, 1.165) is 48.7 Å². The molecular weight excluding hydrogens is 303 g/mol. The molecule has 1 aromatic heterocycles. The van der Waals surface area contributed by atoms with Gasteiger partial charge in [0.15, 0.2) is 0 Å². The summed E-state index contributed by atoms with van der Waals surface area (Å²) in [6.45, 7) is 1.99. The highest BCUT2D eigenvalue weighted by Gasteiger charge is 2.15. The zero-order chi connectivity index (χ0) is 13.7. The Morgan fingerprint density at radius 3 is 2.79 bits per heavy atom. The van der Waals surface area contributed by atoms with E-state index in [2.05, 4.69) is 10.6 Å². The van der Waals surface area contributed by atoms with Crippen molar-refractivity contribution in [2.24, 2.45) is 0 Å². The van der Waals surface area contributed by atoms with E-state index < -0.39 is 0 Å². The lowest BCUT2D eigenvalue weighted by Gasteiger charge is -2.23. The maximum absolute atomic E-state index is 11.8. The van der Waals surface area contributed by atoms with Gasteiger partial charge in [0, 0.05) is 12.5 Å². The van der Waals surface area contributed by atoms with Gasteiger partial charge in [0.2, 0.25) is 5.91 Å². The molecule has 0 aliphatic carbocycles. The van der Waals surface area contributed by atoms with Gasteiger partial charge in [0.05, 0.1) is 8.67 Å². The molecule has 2 N–H and O–H groups in total. The molecule has 1 amide bonds. The Kier molecular flexibility index (Phi) is 5.95. The van der Waals surface area contributed by atoms with E-state index >= 15 is 0 Å². The van der Waals surface area contributed by atoms with Crippen LogP contribution in [-0.4, -0.2) is 25.0 Å². The molecule has 0 unspecified atom stereocenters. The molecule has 0 spiro atoms. The molecule has 0 atom stereocenters. The smallest absolute Gasteiger partial charge is 0.220 e. The lowest BCUT2D eigenvalue weighted by atomic mass is 10.1. The van der Waals surface area contributed by atoms with E-state index in [-0.39, 0.29) is 5.91 Å². The lowest BCUT2D eigenvalue weighted by molar-refractivity contribution is -0.122. The number of aryl methyl sites for hydroxylation is 1. The number of hydrogen-bond donors (Lipinski definition) is 2. The SMILES string of the molecule is O=C(CCCc1cc(Cl)sc1Cl)NC1CCNCC1. The largest absolute Gasteiger partial charge is 0.353 e. The number of carbonyl (C=O) groups excluding carboxylic acids is 1. The fourth-order valence-corrected chi connectivity index (χ4v) is 3.79. The van der Waals surface area contributed by atoms with Crippen LogP contribution < -0.4 is 10.6 Å². The summed E-state index contributed by atoms with van der Waals surface area (Å²) < 4.78 is 1.45. The summed E-state index contributed by atoms with van der Waals surface area (Å²) in [7, 11) is 0. The molecule has 6 heteroatoms. The van der Waals surface area contributed by atoms with Crippen LogP contribution in [0.15, 0.2) is 6.07 Å². The predicted molar refractivity (Wildman–Crippen MR) is 81.3 cm³/mol. The summed E-state index contributed by atoms with van der Waals surface area (Å²) in [5.41, 5.74) is 1.05. The third-order valence-corrected chi connectivity index (χ3v) is 4.85. The molecule has 2 heterocycles. The summed E-state index contributed by atoms with van der Waals surface area (Å²) in [5.74, 6) is 0.143. The van der Waals surface area contributed by atoms with Crippen molar-refractivity contribution in [3.8, 4) is 0 Å². The fraction of sp³-hybridized carbons (Fsp3) is 0.615. The Morgan fingerprint density at radius 1 is 1.42 bits per heavy atom. The van der Waals surface area contributed by atoms with Gasteiger partial charge in [-0.2, -0.15) is 0 Å². The molecule has 1 saturated heterocycles. The Hall–Kier alpha value is -0.290. The van der Waals surface area contributed by atoms with Gasteiger partial charge < -0.3 is 10.6 Å². The van der Waals surface area contributed by atoms with Crippen molar-refractivity contribution in [1.82, 2.24) is 10.6 Å². The van der Waals surface area contributed by atoms with Crippen molar-refractivity contribution in [2.45, 2.75) is 38.1 Å². The van der Waals surface area contributed by atoms with Gasteiger partial charge in [-0.15, -0.1) is 11.3 Å². The Labute approximate surface area is 127 Å². The van der Waals surface area contributed by atoms with E-state index in [1.54, 1.807) is 0 Å². The molecule has 2 rings (SSSR count). The monoisotopic (exact) mass is 320 g/mol. The van der Waals surface area contributed by atoms with E-state index in [1.165, 1.54) is 11.3 Å². The Morgan fingerprint density at radius 2 is 2.16 bits per heavy atom. The topological polar surface area (TPSA) is 41.1 Å². The second-order valence-electron chi connectivity index (χ2n) is 4.79. The molecule has 19 heavy (non-hydrogen) atoms. The molecule has 106 valence electrons. The zero-order valence-corrected chi connectivity index (χ0v) is 13.0. The first kappa shape index (κ1) is 15.1. The molecule has 1 aliphatic heterocycles. The van der Waals surface area contributed by atoms with Gasteiger partial charge in [-0.1, -0.05) is 23.2 Å². The number of piperidine rings is 1. The predicted octanol–water partition coefficient (Wildman–Crippen LogP) is 3.25. The minimum atomic E-state index is 0.143. The van der Waals surface area contributed by atoms with Crippen molar-refractivity contribution >= 4 is 40.4 Å². The highest BCUT2D eigenvalue weighted by atomic mass is 35.5. The second-order valence-corrected chi connectivity index (χ2v) is 7.08. The quantitative estimate of drug-likeness (QED) is 0.874. The maximum Gasteiger partial charge on any atom is 0.220 e. The van der Waals surface area contributed by atoms with Crippen LogP contribution in [-0.2, 0) is 11.2 Å². The number of thiophene rings is 1. The van der Waals surface area contributed by atoms with Gasteiger partial charge in [0.1, 0.15) is 0 Å². The minimum Gasteiger partial charge on any atom is -0.353 e. The summed E-state index contributed by atoms with van der Waals surface area (Å²) in [6.07, 6.45) is 4.22. The van der Waals surface area contributed by atoms with Gasteiger partial charge in [0.25, 0.3) is 0 Å². The van der Waals surface area contributed by atoms with E-state index in [4.69, 9.17) is 23.2 Å². The van der Waals surface area contributed by atoms with E-state index in [1.807, 2.05) is 6.07 Å². The van der Waals surface area contributed by atoms with Gasteiger partial charge >= 0.3 is 0 Å². The van der Waals surface area contributed by atoms with Crippen LogP contribution in [0.4, 0.5) is 0 Å². The van der Waals surface area contributed by atoms with Crippen LogP contribution in [0.2, 0.25) is 8.67 Å². The molecule has 0 aromatic carbocycles. The highest BCUT2D eigenvalue weighted by Crippen LogP contribution is 2.31. The molecule has 1 aromatic rings. The van der Waals surface area contributed by atoms with Crippen LogP contribution in [0.25, 0.3) is 0 Å². The van der Waals surface area contributed by atoms with Crippen molar-refractivity contribution in [2.75, 3.05) is 13.1 Å². The van der Waals surface area contributed by atoms with Crippen molar-refractivity contribution < 1.29 is 4.79 Å². The first-order chi connectivity index (χ1) is 9.15. The lowest BCUT2D eigenvalue weighted by Crippen LogP contribution is -2.42. The van der Waals surface area contributed by atoms with E-state index in [0.29, 0.717) is 16.8 Å². The third kappa shape index (κ3) is 4.95. The number of rotatable bonds is 5. The second kappa shape index (κ2) is 7.48. The van der Waals surface area contributed by atoms with Crippen LogP contribution in [0, 0.1) is 0 Å². The number of halogens is 2. The third-order valence-electron chi connectivity index (χ3n) is 3.28. The van der Waals surface area contributed by atoms with Crippen molar-refractivity contribution in [1.29, 1.82) is 0 Å². The molecule has 0 bridgehead atoms. The highest BCUT2D eigenvalue weighted by molar-refractivity contribution is 7.20. The van der Waals surface area contributed by atoms with Gasteiger partial charge in [-0.05, 0) is 50.4 Å². The number of amides is 1. The zero-order valence-electron chi connectivity index (χ0n) is 10.7. The minimum absolute atomic E-state index is 0.143. The molecular formula is C13H18Cl2N2OS. The summed E-state index contributed by atoms with van der Waals surface area (Å²) in [4.78, 5) is 11.8. The normalized spacial score (nSPS) is 16.5. The Balaban J connectivity index is 1.67. The standard InChI is InChI=1S/C13H18Cl2N2OS/c14-11-8-9(13(15)19-11)2-1-3-12(18)17-10-4-6-16-7-5-10/h8,10,16H,1-7H2,(H,17,18). The average molecular weight is 321 g/mol. The van der Waals surface area contributed by atoms with Gasteiger partial charge in [-0.25, -0.2) is 0 Å². The number of hydrogen-bond acceptors (Lipinski definition) is 3. The summed E-state index contributed by atoms with van der Waals surface area (Å²) in [6, 6.07) is 2.23. The van der Waals surface area contributed by atoms with Crippen molar-refractivity contribution in [3.05, 3.63) is 20.3 Å². The van der Waals surface area contributed by atoms with Crippen LogP contribution in [0.5, 0.6) is 0 Å². The summed E-state index contributed by atoms with van der Waals surface area (Å²) >= 11 is 13.3. The maximum atomic E-state index is 11.8.